The molecule has 0 fully saturated rings. The molecular formula is C118H178N2O12S2. The molecule has 0 radical (unpaired) electrons. The van der Waals surface area contributed by atoms with Gasteiger partial charge in [-0.25, -0.2) is 0 Å². The SMILES string of the molecule is CCCCCC(=O)c1ccc(C)cc1.CCCCCC(O)c1ccc(C)cn1.CCCCCC(O)c1ccc(C)nc1.CCCCCC(O)c1ccc(C)o1.CCCCCC(O)c1ccc(C)s1.CCCCCC(O)c1coc(C)c1.CCCCCC(O)c1csc(C)c1.CCCCCCC(=O)c1ccc(C)cc1.Cc1ccc(C(=O)C(C)(C)C)cc1.Cc1ccc(C(=O)C(C)C)cc1. The van der Waals surface area contributed by atoms with Crippen molar-refractivity contribution in [1.29, 1.82) is 0 Å². The second-order valence-electron chi connectivity index (χ2n) is 37.1. The number of thiophene rings is 2. The summed E-state index contributed by atoms with van der Waals surface area (Å²) in [6.07, 6.45) is 38.7. The lowest BCUT2D eigenvalue weighted by Gasteiger charge is -2.16. The number of nitrogens with zero attached hydrogens (tertiary/aromatic N) is 2. The lowest BCUT2D eigenvalue weighted by molar-refractivity contribution is 0.0857. The van der Waals surface area contributed by atoms with Crippen molar-refractivity contribution in [1.82, 2.24) is 9.97 Å². The number of unbranched alkanes of at least 4 members (excludes halogenated alkanes) is 17. The van der Waals surface area contributed by atoms with Crippen LogP contribution in [0, 0.1) is 80.6 Å². The first-order chi connectivity index (χ1) is 63.9. The van der Waals surface area contributed by atoms with Gasteiger partial charge in [0.1, 0.15) is 23.4 Å². The Bertz CT molecular complexity index is 4300. The number of hydrogen-bond acceptors (Lipinski definition) is 16. The summed E-state index contributed by atoms with van der Waals surface area (Å²) in [6, 6.07) is 50.8. The molecule has 10 rings (SSSR count). The Balaban J connectivity index is 0.000000745. The van der Waals surface area contributed by atoms with Gasteiger partial charge in [0.15, 0.2) is 23.1 Å². The van der Waals surface area contributed by atoms with Crippen LogP contribution in [0.1, 0.15) is 468 Å². The fourth-order valence-electron chi connectivity index (χ4n) is 13.6. The van der Waals surface area contributed by atoms with Crippen LogP contribution in [-0.4, -0.2) is 63.7 Å². The molecule has 0 amide bonds. The smallest absolute Gasteiger partial charge is 0.168 e. The second-order valence-corrected chi connectivity index (χ2v) is 39.6. The minimum Gasteiger partial charge on any atom is -0.469 e. The van der Waals surface area contributed by atoms with Gasteiger partial charge in [-0.15, -0.1) is 22.7 Å². The van der Waals surface area contributed by atoms with Gasteiger partial charge in [-0.2, -0.15) is 0 Å². The predicted octanol–water partition coefficient (Wildman–Crippen LogP) is 33.7. The molecule has 6 heterocycles. The van der Waals surface area contributed by atoms with Crippen LogP contribution in [0.2, 0.25) is 0 Å². The highest BCUT2D eigenvalue weighted by Crippen LogP contribution is 2.30. The fourth-order valence-corrected chi connectivity index (χ4v) is 15.2. The van der Waals surface area contributed by atoms with Crippen molar-refractivity contribution in [3.05, 3.63) is 292 Å². The third kappa shape index (κ3) is 58.2. The van der Waals surface area contributed by atoms with Gasteiger partial charge in [0.2, 0.25) is 0 Å². The van der Waals surface area contributed by atoms with E-state index in [1.54, 1.807) is 41.3 Å². The molecule has 6 atom stereocenters. The lowest BCUT2D eigenvalue weighted by atomic mass is 9.86. The molecule has 4 aromatic carbocycles. The Morgan fingerprint density at radius 1 is 0.351 bits per heavy atom. The number of Topliss-reactive ketones (excluding diaryl/α,β-unsaturated/α-hetero) is 4. The highest BCUT2D eigenvalue weighted by Gasteiger charge is 2.23. The van der Waals surface area contributed by atoms with E-state index in [1.807, 2.05) is 236 Å². The number of aromatic nitrogens is 2. The number of hydrogen-bond donors (Lipinski definition) is 6. The minimum absolute atomic E-state index is 0.0905. The second kappa shape index (κ2) is 74.7. The van der Waals surface area contributed by atoms with Crippen LogP contribution < -0.4 is 0 Å². The quantitative estimate of drug-likeness (QED) is 0.0154. The van der Waals surface area contributed by atoms with Crippen molar-refractivity contribution >= 4 is 45.8 Å². The maximum Gasteiger partial charge on any atom is 0.168 e. The zero-order valence-electron chi connectivity index (χ0n) is 87.0. The Morgan fingerprint density at radius 3 is 1.11 bits per heavy atom. The van der Waals surface area contributed by atoms with Crippen LogP contribution in [-0.2, 0) is 0 Å². The number of aliphatic hydroxyl groups excluding tert-OH is 6. The van der Waals surface area contributed by atoms with E-state index in [1.165, 1.54) is 135 Å². The van der Waals surface area contributed by atoms with E-state index in [0.29, 0.717) is 18.6 Å². The summed E-state index contributed by atoms with van der Waals surface area (Å²) in [7, 11) is 0. The molecule has 14 nitrogen and oxygen atoms in total. The zero-order chi connectivity index (χ0) is 100. The molecule has 6 N–H and O–H groups in total. The average molecular weight is 1880 g/mol. The van der Waals surface area contributed by atoms with Gasteiger partial charge >= 0.3 is 0 Å². The zero-order valence-corrected chi connectivity index (χ0v) is 88.7. The summed E-state index contributed by atoms with van der Waals surface area (Å²) in [5.41, 5.74) is 13.7. The first-order valence-electron chi connectivity index (χ1n) is 50.5. The largest absolute Gasteiger partial charge is 0.469 e. The van der Waals surface area contributed by atoms with Crippen LogP contribution in [0.3, 0.4) is 0 Å². The third-order valence-corrected chi connectivity index (χ3v) is 24.4. The van der Waals surface area contributed by atoms with Gasteiger partial charge in [0.25, 0.3) is 0 Å². The molecule has 16 heteroatoms. The highest BCUT2D eigenvalue weighted by atomic mass is 32.1. The van der Waals surface area contributed by atoms with E-state index in [4.69, 9.17) is 8.83 Å². The number of carbonyl (C=O) groups is 4. The van der Waals surface area contributed by atoms with Crippen molar-refractivity contribution in [3.63, 3.8) is 0 Å². The molecular weight excluding hydrogens is 1700 g/mol. The molecule has 10 aromatic rings. The fraction of sp³-hybridized carbons (Fsp3) is 0.542. The molecule has 0 aliphatic rings. The summed E-state index contributed by atoms with van der Waals surface area (Å²) in [5.74, 6) is 3.50. The summed E-state index contributed by atoms with van der Waals surface area (Å²) in [5, 5.41) is 60.5. The average Bonchev–Trinajstić information content (AvgIpc) is 1.48. The molecule has 0 aliphatic heterocycles. The van der Waals surface area contributed by atoms with Crippen molar-refractivity contribution in [3.8, 4) is 0 Å². The molecule has 6 unspecified atom stereocenters. The van der Waals surface area contributed by atoms with E-state index in [-0.39, 0.29) is 65.0 Å². The number of aryl methyl sites for hydroxylation is 10. The van der Waals surface area contributed by atoms with E-state index >= 15 is 0 Å². The maximum atomic E-state index is 11.8. The van der Waals surface area contributed by atoms with Gasteiger partial charge in [0, 0.05) is 84.7 Å². The van der Waals surface area contributed by atoms with Crippen LogP contribution in [0.5, 0.6) is 0 Å². The van der Waals surface area contributed by atoms with Gasteiger partial charge in [-0.1, -0.05) is 369 Å². The van der Waals surface area contributed by atoms with Crippen molar-refractivity contribution in [2.45, 2.75) is 408 Å². The van der Waals surface area contributed by atoms with Crippen LogP contribution in [0.4, 0.5) is 0 Å². The number of rotatable bonds is 44. The van der Waals surface area contributed by atoms with Gasteiger partial charge in [-0.05, 0) is 191 Å². The van der Waals surface area contributed by atoms with E-state index in [0.717, 1.165) is 169 Å². The topological polar surface area (TPSA) is 242 Å². The first kappa shape index (κ1) is 124. The summed E-state index contributed by atoms with van der Waals surface area (Å²) < 4.78 is 10.5. The van der Waals surface area contributed by atoms with Gasteiger partial charge in [0.05, 0.1) is 42.5 Å². The number of furan rings is 2. The Labute approximate surface area is 820 Å². The number of ketones is 4. The molecule has 134 heavy (non-hydrogen) atoms. The van der Waals surface area contributed by atoms with Crippen molar-refractivity contribution < 1.29 is 58.7 Å². The lowest BCUT2D eigenvalue weighted by Crippen LogP contribution is -2.19. The molecule has 744 valence electrons. The molecule has 0 spiro atoms. The molecule has 0 bridgehead atoms. The van der Waals surface area contributed by atoms with E-state index in [9.17, 15) is 49.8 Å². The summed E-state index contributed by atoms with van der Waals surface area (Å²) >= 11 is 3.42. The number of benzene rings is 4. The van der Waals surface area contributed by atoms with Gasteiger partial charge in [-0.3, -0.25) is 29.1 Å². The first-order valence-corrected chi connectivity index (χ1v) is 52.2. The third-order valence-electron chi connectivity index (χ3n) is 22.4. The molecule has 0 aliphatic carbocycles. The summed E-state index contributed by atoms with van der Waals surface area (Å²) in [4.78, 5) is 58.6. The molecule has 0 saturated heterocycles. The van der Waals surface area contributed by atoms with Crippen LogP contribution >= 0.6 is 22.7 Å². The van der Waals surface area contributed by atoms with Crippen molar-refractivity contribution in [2.75, 3.05) is 0 Å². The highest BCUT2D eigenvalue weighted by molar-refractivity contribution is 7.12. The normalized spacial score (nSPS) is 12.0. The molecule has 0 saturated carbocycles. The Morgan fingerprint density at radius 2 is 0.746 bits per heavy atom. The van der Waals surface area contributed by atoms with Gasteiger partial charge < -0.3 is 39.5 Å². The maximum absolute atomic E-state index is 11.8. The van der Waals surface area contributed by atoms with E-state index in [2.05, 4.69) is 96.7 Å². The monoisotopic (exact) mass is 1880 g/mol. The van der Waals surface area contributed by atoms with Crippen molar-refractivity contribution in [2.24, 2.45) is 11.3 Å². The summed E-state index contributed by atoms with van der Waals surface area (Å²) in [6.45, 7) is 47.0. The van der Waals surface area contributed by atoms with Crippen LogP contribution in [0.25, 0.3) is 0 Å². The van der Waals surface area contributed by atoms with Crippen LogP contribution in [0.15, 0.2) is 191 Å². The van der Waals surface area contributed by atoms with E-state index < -0.39 is 6.10 Å². The number of carbonyl (C=O) groups excluding carboxylic acids is 4. The number of aliphatic hydroxyl groups is 6. The minimum atomic E-state index is -0.416. The Hall–Kier alpha value is -8.42. The number of pyridine rings is 2. The standard InChI is InChI=1S/C14H20O.C13H18O.2C12H19NO.C12H16O.2C11H18O2.2C11H18OS.C11H14O/c1-3-4-5-6-7-14(15)13-10-8-12(2)9-11-13;1-3-4-5-6-13(14)12-9-7-11(2)8-10-12;1-3-4-5-6-12(14)11-8-7-10(2)13-9-11;1-3-4-5-6-12(14)11-8-7-10(2)9-13-11;1-9-5-7-10(8-6-9)11(13)12(2,3)4;1-3-4-5-6-11(12)10-7-9(2)13-8-10;1-3-4-5-6-10(12)11-8-7-9(2)13-11;1-3-4-5-6-11(12)10-7-9(2)13-8-10;1-3-4-5-6-10(12)11-8-7-9(2)13-11;1-8(2)11(12)10-6-4-9(3)5-7-10/h8-11H,3-7H2,1-2H3;7-10H,3-6H2,1-2H3;2*7-9,12,14H,3-6H2,1-2H3;5-8H,1-4H3;7-8,11-12H,3-6H2,1-2H3;7-8,10,12H,3-6H2,1-2H3;7-8,11-12H,3-6H2,1-2H3;7-8,10,12H,3-6H2,1-2H3;4-8H,1-3H3. The predicted molar refractivity (Wildman–Crippen MR) is 567 cm³/mol. The Kier molecular flexibility index (Phi) is 68.9. The molecule has 6 aromatic heterocycles.